The monoisotopic (exact) mass is 367 g/mol. The first kappa shape index (κ1) is 17.7. The van der Waals surface area contributed by atoms with E-state index in [1.54, 1.807) is 12.1 Å². The van der Waals surface area contributed by atoms with Crippen molar-refractivity contribution in [1.29, 1.82) is 0 Å². The number of benzene rings is 1. The normalized spacial score (nSPS) is 11.0. The summed E-state index contributed by atoms with van der Waals surface area (Å²) in [6.45, 7) is 1.83. The third kappa shape index (κ3) is 3.63. The number of carbonyl (C=O) groups is 1. The zero-order valence-electron chi connectivity index (χ0n) is 14.0. The van der Waals surface area contributed by atoms with Crippen molar-refractivity contribution >= 4 is 23.5 Å². The summed E-state index contributed by atoms with van der Waals surface area (Å²) in [6.07, 6.45) is 2.51. The number of aryl methyl sites for hydroxylation is 1. The van der Waals surface area contributed by atoms with Crippen LogP contribution in [0.4, 0.5) is 5.69 Å². The molecule has 2 heterocycles. The highest BCUT2D eigenvalue weighted by Gasteiger charge is 2.11. The largest absolute Gasteiger partial charge is 0.493 e. The Morgan fingerprint density at radius 2 is 2.04 bits per heavy atom. The van der Waals surface area contributed by atoms with Crippen LogP contribution in [0.25, 0.3) is 5.65 Å². The van der Waals surface area contributed by atoms with Gasteiger partial charge < -0.3 is 5.11 Å². The van der Waals surface area contributed by atoms with Crippen molar-refractivity contribution in [2.24, 2.45) is 5.10 Å². The second-order valence-corrected chi connectivity index (χ2v) is 5.59. The van der Waals surface area contributed by atoms with Crippen molar-refractivity contribution < 1.29 is 14.8 Å². The maximum atomic E-state index is 12.4. The standard InChI is InChI=1S/C17H13N5O5/c1-10-6-7-21-14(8-10)19-16(24)13(17(21)25)9-18-20-15(23)11-2-4-12(5-3-11)22(26)27/h2-9,24H,1H3,(H,20,23)/b18-9+. The molecule has 0 spiro atoms. The fourth-order valence-electron chi connectivity index (χ4n) is 2.31. The number of nitro groups is 1. The van der Waals surface area contributed by atoms with Crippen LogP contribution in [0.3, 0.4) is 0 Å². The number of hydrazone groups is 1. The minimum atomic E-state index is -0.634. The highest BCUT2D eigenvalue weighted by Crippen LogP contribution is 2.12. The number of amides is 1. The lowest BCUT2D eigenvalue weighted by molar-refractivity contribution is -0.384. The van der Waals surface area contributed by atoms with Crippen molar-refractivity contribution in [2.75, 3.05) is 0 Å². The van der Waals surface area contributed by atoms with Gasteiger partial charge >= 0.3 is 0 Å². The van der Waals surface area contributed by atoms with Gasteiger partial charge in [0.2, 0.25) is 5.88 Å². The number of aromatic nitrogens is 2. The molecule has 0 aliphatic rings. The molecule has 0 unspecified atom stereocenters. The zero-order valence-corrected chi connectivity index (χ0v) is 14.0. The smallest absolute Gasteiger partial charge is 0.271 e. The molecule has 3 aromatic rings. The second-order valence-electron chi connectivity index (χ2n) is 5.59. The quantitative estimate of drug-likeness (QED) is 0.406. The van der Waals surface area contributed by atoms with E-state index >= 15 is 0 Å². The van der Waals surface area contributed by atoms with E-state index < -0.39 is 22.3 Å². The number of aromatic hydroxyl groups is 1. The minimum Gasteiger partial charge on any atom is -0.493 e. The number of hydrogen-bond donors (Lipinski definition) is 2. The van der Waals surface area contributed by atoms with Crippen LogP contribution in [0, 0.1) is 17.0 Å². The van der Waals surface area contributed by atoms with E-state index in [-0.39, 0.29) is 22.5 Å². The predicted octanol–water partition coefficient (Wildman–Crippen LogP) is 1.38. The lowest BCUT2D eigenvalue weighted by Crippen LogP contribution is -2.22. The number of pyridine rings is 1. The van der Waals surface area contributed by atoms with E-state index in [4.69, 9.17) is 0 Å². The Balaban J connectivity index is 1.82. The first-order chi connectivity index (χ1) is 12.9. The Hall–Kier alpha value is -4.08. The fourth-order valence-corrected chi connectivity index (χ4v) is 2.31. The highest BCUT2D eigenvalue weighted by atomic mass is 16.6. The highest BCUT2D eigenvalue weighted by molar-refractivity contribution is 5.95. The topological polar surface area (TPSA) is 139 Å². The molecule has 3 rings (SSSR count). The van der Waals surface area contributed by atoms with E-state index in [1.807, 2.05) is 6.92 Å². The van der Waals surface area contributed by atoms with Gasteiger partial charge in [-0.3, -0.25) is 24.1 Å². The summed E-state index contributed by atoms with van der Waals surface area (Å²) in [5.41, 5.74) is 2.59. The van der Waals surface area contributed by atoms with Crippen molar-refractivity contribution in [3.05, 3.63) is 79.8 Å². The van der Waals surface area contributed by atoms with Crippen LogP contribution in [-0.2, 0) is 0 Å². The maximum Gasteiger partial charge on any atom is 0.271 e. The molecule has 1 aromatic carbocycles. The molecular formula is C17H13N5O5. The van der Waals surface area contributed by atoms with Crippen molar-refractivity contribution in [1.82, 2.24) is 14.8 Å². The first-order valence-electron chi connectivity index (χ1n) is 7.66. The SMILES string of the molecule is Cc1ccn2c(=O)c(/C=N/NC(=O)c3ccc([N+](=O)[O-])cc3)c(O)nc2c1. The molecule has 27 heavy (non-hydrogen) atoms. The number of nitro benzene ring substituents is 1. The summed E-state index contributed by atoms with van der Waals surface area (Å²) in [5.74, 6) is -1.15. The van der Waals surface area contributed by atoms with E-state index in [1.165, 1.54) is 34.9 Å². The van der Waals surface area contributed by atoms with Gasteiger partial charge in [0.25, 0.3) is 17.2 Å². The summed E-state index contributed by atoms with van der Waals surface area (Å²) < 4.78 is 1.24. The average Bonchev–Trinajstić information content (AvgIpc) is 2.64. The van der Waals surface area contributed by atoms with E-state index in [2.05, 4.69) is 15.5 Å². The number of rotatable bonds is 4. The zero-order chi connectivity index (χ0) is 19.6. The Labute approximate surface area is 151 Å². The van der Waals surface area contributed by atoms with Crippen LogP contribution >= 0.6 is 0 Å². The number of fused-ring (bicyclic) bond motifs is 1. The van der Waals surface area contributed by atoms with Gasteiger partial charge in [-0.2, -0.15) is 10.1 Å². The molecule has 0 bridgehead atoms. The lowest BCUT2D eigenvalue weighted by Gasteiger charge is -2.04. The first-order valence-corrected chi connectivity index (χ1v) is 7.66. The molecule has 0 saturated heterocycles. The molecule has 0 atom stereocenters. The molecule has 0 aliphatic heterocycles. The van der Waals surface area contributed by atoms with Gasteiger partial charge in [0.05, 0.1) is 11.1 Å². The molecule has 136 valence electrons. The van der Waals surface area contributed by atoms with E-state index in [0.29, 0.717) is 0 Å². The van der Waals surface area contributed by atoms with Gasteiger partial charge in [0.15, 0.2) is 0 Å². The van der Waals surface area contributed by atoms with E-state index in [9.17, 15) is 24.8 Å². The molecule has 2 aromatic heterocycles. The van der Waals surface area contributed by atoms with Crippen LogP contribution < -0.4 is 11.0 Å². The molecular weight excluding hydrogens is 354 g/mol. The van der Waals surface area contributed by atoms with Crippen molar-refractivity contribution in [3.8, 4) is 5.88 Å². The maximum absolute atomic E-state index is 12.4. The molecule has 10 nitrogen and oxygen atoms in total. The summed E-state index contributed by atoms with van der Waals surface area (Å²) in [5, 5.41) is 24.2. The second kappa shape index (κ2) is 7.04. The van der Waals surface area contributed by atoms with Crippen molar-refractivity contribution in [2.45, 2.75) is 6.92 Å². The Morgan fingerprint density at radius 1 is 1.33 bits per heavy atom. The van der Waals surface area contributed by atoms with Gasteiger partial charge in [-0.1, -0.05) is 0 Å². The molecule has 0 fully saturated rings. The van der Waals surface area contributed by atoms with Crippen LogP contribution in [0.5, 0.6) is 5.88 Å². The molecule has 0 aliphatic carbocycles. The molecule has 10 heteroatoms. The van der Waals surface area contributed by atoms with Gasteiger partial charge in [-0.15, -0.1) is 0 Å². The summed E-state index contributed by atoms with van der Waals surface area (Å²) in [4.78, 5) is 38.3. The van der Waals surface area contributed by atoms with E-state index in [0.717, 1.165) is 11.8 Å². The third-order valence-corrected chi connectivity index (χ3v) is 3.70. The van der Waals surface area contributed by atoms with Crippen LogP contribution in [0.15, 0.2) is 52.5 Å². The lowest BCUT2D eigenvalue weighted by atomic mass is 10.2. The predicted molar refractivity (Wildman–Crippen MR) is 96.0 cm³/mol. The number of nitrogens with zero attached hydrogens (tertiary/aromatic N) is 4. The van der Waals surface area contributed by atoms with Crippen LogP contribution in [-0.4, -0.2) is 31.5 Å². The van der Waals surface area contributed by atoms with Crippen molar-refractivity contribution in [3.63, 3.8) is 0 Å². The summed E-state index contributed by atoms with van der Waals surface area (Å²) in [6, 6.07) is 8.27. The van der Waals surface area contributed by atoms with Gasteiger partial charge in [0.1, 0.15) is 11.2 Å². The Bertz CT molecular complexity index is 1130. The Morgan fingerprint density at radius 3 is 2.70 bits per heavy atom. The number of non-ortho nitro benzene ring substituents is 1. The number of hydrogen-bond acceptors (Lipinski definition) is 7. The summed E-state index contributed by atoms with van der Waals surface area (Å²) >= 11 is 0. The van der Waals surface area contributed by atoms with Crippen LogP contribution in [0.2, 0.25) is 0 Å². The number of nitrogens with one attached hydrogen (secondary N) is 1. The van der Waals surface area contributed by atoms with Crippen LogP contribution in [0.1, 0.15) is 21.5 Å². The average molecular weight is 367 g/mol. The molecule has 0 radical (unpaired) electrons. The molecule has 2 N–H and O–H groups in total. The minimum absolute atomic E-state index is 0.144. The van der Waals surface area contributed by atoms with Gasteiger partial charge in [-0.25, -0.2) is 5.43 Å². The third-order valence-electron chi connectivity index (χ3n) is 3.70. The fraction of sp³-hybridized carbons (Fsp3) is 0.0588. The Kier molecular flexibility index (Phi) is 4.62. The molecule has 1 amide bonds. The van der Waals surface area contributed by atoms with Gasteiger partial charge in [-0.05, 0) is 36.8 Å². The van der Waals surface area contributed by atoms with Gasteiger partial charge in [0, 0.05) is 23.9 Å². The molecule has 0 saturated carbocycles. The number of carbonyl (C=O) groups excluding carboxylic acids is 1. The summed E-state index contributed by atoms with van der Waals surface area (Å²) in [7, 11) is 0.